The van der Waals surface area contributed by atoms with Crippen molar-refractivity contribution in [1.82, 2.24) is 10.2 Å². The second-order valence-corrected chi connectivity index (χ2v) is 7.24. The molecule has 1 N–H and O–H groups in total. The van der Waals surface area contributed by atoms with Crippen LogP contribution in [0.1, 0.15) is 59.3 Å². The van der Waals surface area contributed by atoms with Gasteiger partial charge in [-0.25, -0.2) is 0 Å². The summed E-state index contributed by atoms with van der Waals surface area (Å²) in [5, 5.41) is 3.86. The molecule has 3 heteroatoms. The molecule has 0 aromatic carbocycles. The molecule has 1 aliphatic heterocycles. The number of rotatable bonds is 4. The Morgan fingerprint density at radius 3 is 2.63 bits per heavy atom. The highest BCUT2D eigenvalue weighted by atomic mass is 16.5. The average molecular weight is 268 g/mol. The second-order valence-electron chi connectivity index (χ2n) is 7.24. The summed E-state index contributed by atoms with van der Waals surface area (Å²) in [6, 6.07) is 0.695. The van der Waals surface area contributed by atoms with Crippen LogP contribution in [-0.2, 0) is 4.74 Å². The molecule has 19 heavy (non-hydrogen) atoms. The van der Waals surface area contributed by atoms with E-state index in [0.29, 0.717) is 11.6 Å². The van der Waals surface area contributed by atoms with E-state index in [-0.39, 0.29) is 5.60 Å². The fraction of sp³-hybridized carbons (Fsp3) is 1.00. The predicted octanol–water partition coefficient (Wildman–Crippen LogP) is 2.80. The topological polar surface area (TPSA) is 24.5 Å². The lowest BCUT2D eigenvalue weighted by atomic mass is 9.96. The zero-order valence-electron chi connectivity index (χ0n) is 13.3. The Morgan fingerprint density at radius 1 is 1.32 bits per heavy atom. The molecule has 1 heterocycles. The molecular weight excluding hydrogens is 236 g/mol. The molecule has 1 atom stereocenters. The van der Waals surface area contributed by atoms with E-state index in [9.17, 15) is 0 Å². The molecule has 1 aliphatic carbocycles. The van der Waals surface area contributed by atoms with Gasteiger partial charge in [-0.3, -0.25) is 4.90 Å². The summed E-state index contributed by atoms with van der Waals surface area (Å²) >= 11 is 0. The number of hydrogen-bond donors (Lipinski definition) is 1. The first-order valence-corrected chi connectivity index (χ1v) is 8.01. The third-order valence-corrected chi connectivity index (χ3v) is 5.31. The van der Waals surface area contributed by atoms with Gasteiger partial charge in [0.05, 0.1) is 5.60 Å². The summed E-state index contributed by atoms with van der Waals surface area (Å²) in [6.07, 6.45) is 7.92. The van der Waals surface area contributed by atoms with Gasteiger partial charge < -0.3 is 10.1 Å². The summed E-state index contributed by atoms with van der Waals surface area (Å²) in [5.41, 5.74) is 0.421. The van der Waals surface area contributed by atoms with E-state index in [1.54, 1.807) is 0 Å². The Balaban J connectivity index is 1.96. The van der Waals surface area contributed by atoms with Crippen molar-refractivity contribution in [3.63, 3.8) is 0 Å². The molecule has 2 aliphatic rings. The van der Waals surface area contributed by atoms with E-state index in [2.05, 4.69) is 31.0 Å². The fourth-order valence-electron chi connectivity index (χ4n) is 3.53. The van der Waals surface area contributed by atoms with E-state index in [1.165, 1.54) is 45.2 Å². The Labute approximate surface area is 119 Å². The van der Waals surface area contributed by atoms with Crippen LogP contribution in [0.15, 0.2) is 0 Å². The van der Waals surface area contributed by atoms with Crippen LogP contribution >= 0.6 is 0 Å². The van der Waals surface area contributed by atoms with Gasteiger partial charge in [-0.1, -0.05) is 12.8 Å². The molecule has 112 valence electrons. The lowest BCUT2D eigenvalue weighted by molar-refractivity contribution is 0.00287. The molecule has 0 radical (unpaired) electrons. The maximum absolute atomic E-state index is 5.57. The van der Waals surface area contributed by atoms with E-state index in [1.807, 2.05) is 7.11 Å². The summed E-state index contributed by atoms with van der Waals surface area (Å²) in [7, 11) is 1.83. The van der Waals surface area contributed by atoms with Gasteiger partial charge in [-0.2, -0.15) is 0 Å². The minimum atomic E-state index is 0.00227. The van der Waals surface area contributed by atoms with Crippen LogP contribution in [0.2, 0.25) is 0 Å². The third-order valence-electron chi connectivity index (χ3n) is 5.31. The van der Waals surface area contributed by atoms with Crippen molar-refractivity contribution in [1.29, 1.82) is 0 Å². The van der Waals surface area contributed by atoms with Gasteiger partial charge in [0.1, 0.15) is 0 Å². The molecule has 0 amide bonds. The zero-order chi connectivity index (χ0) is 13.9. The molecule has 0 bridgehead atoms. The van der Waals surface area contributed by atoms with Gasteiger partial charge in [-0.05, 0) is 53.0 Å². The van der Waals surface area contributed by atoms with E-state index >= 15 is 0 Å². The lowest BCUT2D eigenvalue weighted by Gasteiger charge is -2.37. The number of methoxy groups -OCH3 is 1. The second kappa shape index (κ2) is 6.11. The highest BCUT2D eigenvalue weighted by molar-refractivity contribution is 4.98. The van der Waals surface area contributed by atoms with Gasteiger partial charge in [0.15, 0.2) is 0 Å². The highest BCUT2D eigenvalue weighted by Crippen LogP contribution is 2.33. The van der Waals surface area contributed by atoms with Crippen molar-refractivity contribution in [2.45, 2.75) is 76.5 Å². The maximum atomic E-state index is 5.57. The molecule has 1 unspecified atom stereocenters. The lowest BCUT2D eigenvalue weighted by Crippen LogP contribution is -2.50. The number of nitrogens with one attached hydrogen (secondary N) is 1. The van der Waals surface area contributed by atoms with Crippen molar-refractivity contribution in [2.75, 3.05) is 26.7 Å². The van der Waals surface area contributed by atoms with Crippen LogP contribution in [0.25, 0.3) is 0 Å². The normalized spacial score (nSPS) is 28.7. The van der Waals surface area contributed by atoms with Crippen LogP contribution in [0.5, 0.6) is 0 Å². The van der Waals surface area contributed by atoms with Crippen LogP contribution < -0.4 is 5.32 Å². The van der Waals surface area contributed by atoms with E-state index in [4.69, 9.17) is 4.74 Å². The quantitative estimate of drug-likeness (QED) is 0.848. The molecule has 2 rings (SSSR count). The average Bonchev–Trinajstić information content (AvgIpc) is 2.76. The van der Waals surface area contributed by atoms with Gasteiger partial charge in [0, 0.05) is 31.8 Å². The van der Waals surface area contributed by atoms with Crippen LogP contribution in [0, 0.1) is 0 Å². The minimum Gasteiger partial charge on any atom is -0.379 e. The summed E-state index contributed by atoms with van der Waals surface area (Å²) in [5.74, 6) is 0. The SMILES string of the molecule is COC(C)(C)CCN1CC2(CCCC2)NCCC1C. The van der Waals surface area contributed by atoms with Crippen molar-refractivity contribution >= 4 is 0 Å². The van der Waals surface area contributed by atoms with E-state index < -0.39 is 0 Å². The largest absolute Gasteiger partial charge is 0.379 e. The highest BCUT2D eigenvalue weighted by Gasteiger charge is 2.38. The molecule has 1 spiro atoms. The first kappa shape index (κ1) is 15.3. The zero-order valence-corrected chi connectivity index (χ0v) is 13.3. The molecule has 0 aromatic rings. The molecule has 1 saturated heterocycles. The van der Waals surface area contributed by atoms with Crippen molar-refractivity contribution < 1.29 is 4.74 Å². The van der Waals surface area contributed by atoms with E-state index in [0.717, 1.165) is 13.0 Å². The molecule has 3 nitrogen and oxygen atoms in total. The Kier molecular flexibility index (Phi) is 4.91. The Bertz CT molecular complexity index is 284. The smallest absolute Gasteiger partial charge is 0.0634 e. The molecule has 0 aromatic heterocycles. The van der Waals surface area contributed by atoms with Gasteiger partial charge in [-0.15, -0.1) is 0 Å². The monoisotopic (exact) mass is 268 g/mol. The van der Waals surface area contributed by atoms with Crippen LogP contribution in [0.4, 0.5) is 0 Å². The van der Waals surface area contributed by atoms with Crippen molar-refractivity contribution in [3.8, 4) is 0 Å². The van der Waals surface area contributed by atoms with Gasteiger partial charge in [0.2, 0.25) is 0 Å². The first-order valence-electron chi connectivity index (χ1n) is 8.01. The number of hydrogen-bond acceptors (Lipinski definition) is 3. The number of ether oxygens (including phenoxy) is 1. The third kappa shape index (κ3) is 3.93. The predicted molar refractivity (Wildman–Crippen MR) is 80.6 cm³/mol. The summed E-state index contributed by atoms with van der Waals surface area (Å²) in [6.45, 7) is 10.3. The molecular formula is C16H32N2O. The first-order chi connectivity index (χ1) is 8.96. The maximum Gasteiger partial charge on any atom is 0.0634 e. The van der Waals surface area contributed by atoms with Crippen LogP contribution in [-0.4, -0.2) is 48.8 Å². The van der Waals surface area contributed by atoms with Gasteiger partial charge >= 0.3 is 0 Å². The fourth-order valence-corrected chi connectivity index (χ4v) is 3.53. The Hall–Kier alpha value is -0.120. The summed E-state index contributed by atoms with van der Waals surface area (Å²) < 4.78 is 5.57. The molecule has 2 fully saturated rings. The Morgan fingerprint density at radius 2 is 2.00 bits per heavy atom. The van der Waals surface area contributed by atoms with Crippen LogP contribution in [0.3, 0.4) is 0 Å². The van der Waals surface area contributed by atoms with Crippen molar-refractivity contribution in [2.24, 2.45) is 0 Å². The van der Waals surface area contributed by atoms with Crippen molar-refractivity contribution in [3.05, 3.63) is 0 Å². The van der Waals surface area contributed by atoms with Gasteiger partial charge in [0.25, 0.3) is 0 Å². The minimum absolute atomic E-state index is 0.00227. The standard InChI is InChI=1S/C16H32N2O/c1-14-7-11-17-16(8-5-6-9-16)13-18(14)12-10-15(2,3)19-4/h14,17H,5-13H2,1-4H3. The summed E-state index contributed by atoms with van der Waals surface area (Å²) in [4.78, 5) is 2.70. The molecule has 1 saturated carbocycles. The number of nitrogens with zero attached hydrogens (tertiary/aromatic N) is 1.